The Morgan fingerprint density at radius 1 is 1.44 bits per heavy atom. The molecule has 4 N–H and O–H groups in total. The van der Waals surface area contributed by atoms with Crippen LogP contribution in [0.3, 0.4) is 0 Å². The molecule has 0 spiro atoms. The van der Waals surface area contributed by atoms with Crippen LogP contribution in [0, 0.1) is 0 Å². The number of carbonyl (C=O) groups is 2. The molecule has 0 bridgehead atoms. The van der Waals surface area contributed by atoms with Crippen LogP contribution in [0.4, 0.5) is 0 Å². The Balaban J connectivity index is 2.86. The highest BCUT2D eigenvalue weighted by Crippen LogP contribution is 2.07. The van der Waals surface area contributed by atoms with E-state index in [0.717, 1.165) is 6.08 Å². The minimum Gasteiger partial charge on any atom is -0.370 e. The standard InChI is InChI=1S/C10H10N2O4/c11-16-10(14)8-3-1-2-7(6-8)4-5-9(13)12-15/h1-6,15H,11H2,(H,12,13). The fourth-order valence-corrected chi connectivity index (χ4v) is 1.05. The second kappa shape index (κ2) is 5.64. The second-order valence-electron chi connectivity index (χ2n) is 2.84. The van der Waals surface area contributed by atoms with Gasteiger partial charge in [-0.15, -0.1) is 0 Å². The van der Waals surface area contributed by atoms with Gasteiger partial charge in [-0.2, -0.15) is 5.90 Å². The van der Waals surface area contributed by atoms with E-state index in [0.29, 0.717) is 5.56 Å². The van der Waals surface area contributed by atoms with Crippen LogP contribution in [0.15, 0.2) is 30.3 Å². The monoisotopic (exact) mass is 222 g/mol. The summed E-state index contributed by atoms with van der Waals surface area (Å²) in [5.74, 6) is 3.41. The van der Waals surface area contributed by atoms with E-state index in [1.165, 1.54) is 23.7 Å². The molecular weight excluding hydrogens is 212 g/mol. The van der Waals surface area contributed by atoms with Crippen LogP contribution in [0.2, 0.25) is 0 Å². The Morgan fingerprint density at radius 3 is 2.81 bits per heavy atom. The Hall–Kier alpha value is -2.18. The smallest absolute Gasteiger partial charge is 0.356 e. The lowest BCUT2D eigenvalue weighted by Gasteiger charge is -1.99. The summed E-state index contributed by atoms with van der Waals surface area (Å²) in [4.78, 5) is 25.8. The van der Waals surface area contributed by atoms with Gasteiger partial charge in [0.15, 0.2) is 0 Å². The summed E-state index contributed by atoms with van der Waals surface area (Å²) in [6.45, 7) is 0. The number of hydrogen-bond donors (Lipinski definition) is 3. The first kappa shape index (κ1) is 11.9. The molecule has 0 aliphatic rings. The van der Waals surface area contributed by atoms with Gasteiger partial charge >= 0.3 is 5.97 Å². The number of benzene rings is 1. The van der Waals surface area contributed by atoms with E-state index in [-0.39, 0.29) is 5.56 Å². The van der Waals surface area contributed by atoms with Crippen LogP contribution < -0.4 is 11.4 Å². The molecule has 16 heavy (non-hydrogen) atoms. The zero-order valence-electron chi connectivity index (χ0n) is 8.21. The summed E-state index contributed by atoms with van der Waals surface area (Å²) >= 11 is 0. The van der Waals surface area contributed by atoms with E-state index < -0.39 is 11.9 Å². The van der Waals surface area contributed by atoms with Crippen molar-refractivity contribution in [2.75, 3.05) is 0 Å². The molecule has 6 nitrogen and oxygen atoms in total. The molecule has 1 aromatic rings. The summed E-state index contributed by atoms with van der Waals surface area (Å²) in [7, 11) is 0. The van der Waals surface area contributed by atoms with Crippen molar-refractivity contribution in [1.29, 1.82) is 0 Å². The van der Waals surface area contributed by atoms with Crippen molar-refractivity contribution in [1.82, 2.24) is 5.48 Å². The summed E-state index contributed by atoms with van der Waals surface area (Å²) in [5.41, 5.74) is 2.32. The number of carbonyl (C=O) groups excluding carboxylic acids is 2. The minimum absolute atomic E-state index is 0.272. The van der Waals surface area contributed by atoms with E-state index in [9.17, 15) is 9.59 Å². The quantitative estimate of drug-likeness (QED) is 0.386. The molecule has 0 unspecified atom stereocenters. The van der Waals surface area contributed by atoms with Crippen LogP contribution in [-0.4, -0.2) is 17.1 Å². The molecule has 0 saturated carbocycles. The molecule has 0 saturated heterocycles. The zero-order valence-corrected chi connectivity index (χ0v) is 8.21. The lowest BCUT2D eigenvalue weighted by atomic mass is 10.1. The lowest BCUT2D eigenvalue weighted by molar-refractivity contribution is -0.124. The molecule has 1 aromatic carbocycles. The van der Waals surface area contributed by atoms with Gasteiger partial charge in [0.25, 0.3) is 5.91 Å². The Morgan fingerprint density at radius 2 is 2.19 bits per heavy atom. The largest absolute Gasteiger partial charge is 0.370 e. The van der Waals surface area contributed by atoms with E-state index in [4.69, 9.17) is 11.1 Å². The lowest BCUT2D eigenvalue weighted by Crippen LogP contribution is -2.14. The van der Waals surface area contributed by atoms with Crippen LogP contribution in [-0.2, 0) is 9.63 Å². The van der Waals surface area contributed by atoms with Crippen molar-refractivity contribution < 1.29 is 19.6 Å². The number of nitrogens with two attached hydrogens (primary N) is 1. The van der Waals surface area contributed by atoms with Gasteiger partial charge in [-0.1, -0.05) is 12.1 Å². The second-order valence-corrected chi connectivity index (χ2v) is 2.84. The summed E-state index contributed by atoms with van der Waals surface area (Å²) in [6, 6.07) is 6.31. The zero-order chi connectivity index (χ0) is 12.0. The highest BCUT2D eigenvalue weighted by atomic mass is 16.7. The maximum Gasteiger partial charge on any atom is 0.356 e. The average Bonchev–Trinajstić information content (AvgIpc) is 2.35. The molecule has 0 atom stereocenters. The summed E-state index contributed by atoms with van der Waals surface area (Å²) < 4.78 is 0. The Labute approximate surface area is 91.2 Å². The van der Waals surface area contributed by atoms with Crippen molar-refractivity contribution >= 4 is 18.0 Å². The minimum atomic E-state index is -0.665. The van der Waals surface area contributed by atoms with Gasteiger partial charge < -0.3 is 4.84 Å². The van der Waals surface area contributed by atoms with Crippen LogP contribution in [0.25, 0.3) is 6.08 Å². The topological polar surface area (TPSA) is 102 Å². The molecule has 0 radical (unpaired) electrons. The summed E-state index contributed by atoms with van der Waals surface area (Å²) in [5, 5.41) is 8.25. The molecular formula is C10H10N2O4. The third-order valence-electron chi connectivity index (χ3n) is 1.77. The van der Waals surface area contributed by atoms with Crippen molar-refractivity contribution in [3.8, 4) is 0 Å². The molecule has 0 aromatic heterocycles. The average molecular weight is 222 g/mol. The molecule has 0 fully saturated rings. The van der Waals surface area contributed by atoms with Crippen molar-refractivity contribution in [3.05, 3.63) is 41.5 Å². The van der Waals surface area contributed by atoms with Crippen molar-refractivity contribution in [2.45, 2.75) is 0 Å². The molecule has 0 aliphatic heterocycles. The molecule has 1 amide bonds. The molecule has 0 heterocycles. The number of hydroxylamine groups is 1. The van der Waals surface area contributed by atoms with Gasteiger partial charge in [0.1, 0.15) is 0 Å². The molecule has 1 rings (SSSR count). The third-order valence-corrected chi connectivity index (χ3v) is 1.77. The van der Waals surface area contributed by atoms with Gasteiger partial charge in [-0.3, -0.25) is 10.0 Å². The third kappa shape index (κ3) is 3.19. The fraction of sp³-hybridized carbons (Fsp3) is 0. The van der Waals surface area contributed by atoms with Gasteiger partial charge in [-0.25, -0.2) is 10.3 Å². The van der Waals surface area contributed by atoms with Crippen molar-refractivity contribution in [3.63, 3.8) is 0 Å². The summed E-state index contributed by atoms with van der Waals surface area (Å²) in [6.07, 6.45) is 2.55. The molecule has 84 valence electrons. The Bertz CT molecular complexity index is 429. The highest BCUT2D eigenvalue weighted by molar-refractivity contribution is 5.92. The van der Waals surface area contributed by atoms with Crippen LogP contribution in [0.5, 0.6) is 0 Å². The van der Waals surface area contributed by atoms with Crippen LogP contribution in [0.1, 0.15) is 15.9 Å². The first-order valence-corrected chi connectivity index (χ1v) is 4.30. The van der Waals surface area contributed by atoms with E-state index in [1.54, 1.807) is 12.1 Å². The number of rotatable bonds is 3. The molecule has 0 aliphatic carbocycles. The van der Waals surface area contributed by atoms with Gasteiger partial charge in [-0.05, 0) is 23.8 Å². The maximum atomic E-state index is 11.1. The first-order chi connectivity index (χ1) is 7.67. The normalized spacial score (nSPS) is 10.1. The predicted octanol–water partition coefficient (Wildman–Crippen LogP) is 0.236. The fourth-order valence-electron chi connectivity index (χ4n) is 1.05. The van der Waals surface area contributed by atoms with E-state index in [2.05, 4.69) is 4.84 Å². The van der Waals surface area contributed by atoms with E-state index >= 15 is 0 Å². The van der Waals surface area contributed by atoms with Crippen LogP contribution >= 0.6 is 0 Å². The van der Waals surface area contributed by atoms with Gasteiger partial charge in [0.05, 0.1) is 5.56 Å². The Kier molecular flexibility index (Phi) is 4.19. The predicted molar refractivity (Wildman–Crippen MR) is 55.0 cm³/mol. The first-order valence-electron chi connectivity index (χ1n) is 4.30. The number of nitrogens with one attached hydrogen (secondary N) is 1. The SMILES string of the molecule is NOC(=O)c1cccc(C=CC(=O)NO)c1. The highest BCUT2D eigenvalue weighted by Gasteiger charge is 2.04. The molecule has 6 heteroatoms. The number of hydrogen-bond acceptors (Lipinski definition) is 5. The van der Waals surface area contributed by atoms with Gasteiger partial charge in [0, 0.05) is 6.08 Å². The maximum absolute atomic E-state index is 11.1. The van der Waals surface area contributed by atoms with E-state index in [1.807, 2.05) is 0 Å². The van der Waals surface area contributed by atoms with Crippen molar-refractivity contribution in [2.24, 2.45) is 5.90 Å². The number of amides is 1. The van der Waals surface area contributed by atoms with Gasteiger partial charge in [0.2, 0.25) is 0 Å².